The Morgan fingerprint density at radius 1 is 1.33 bits per heavy atom. The third-order valence-electron chi connectivity index (χ3n) is 4.84. The molecular formula is C19H28N2O3. The molecule has 0 aromatic heterocycles. The lowest BCUT2D eigenvalue weighted by molar-refractivity contribution is -0.120. The first-order chi connectivity index (χ1) is 11.7. The highest BCUT2D eigenvalue weighted by molar-refractivity contribution is 5.94. The second-order valence-electron chi connectivity index (χ2n) is 6.86. The molecule has 1 aromatic rings. The first-order valence-corrected chi connectivity index (χ1v) is 9.10. The van der Waals surface area contributed by atoms with E-state index in [9.17, 15) is 4.79 Å². The average molecular weight is 332 g/mol. The van der Waals surface area contributed by atoms with Crippen LogP contribution in [0, 0.1) is 5.92 Å². The van der Waals surface area contributed by atoms with Gasteiger partial charge in [-0.15, -0.1) is 0 Å². The van der Waals surface area contributed by atoms with Crippen LogP contribution in [0.1, 0.15) is 39.0 Å². The highest BCUT2D eigenvalue weighted by atomic mass is 16.5. The Labute approximate surface area is 144 Å². The lowest BCUT2D eigenvalue weighted by Crippen LogP contribution is -2.40. The molecule has 0 saturated carbocycles. The van der Waals surface area contributed by atoms with E-state index in [0.717, 1.165) is 50.3 Å². The molecule has 1 aromatic carbocycles. The minimum Gasteiger partial charge on any atom is -0.489 e. The minimum absolute atomic E-state index is 0.0657. The van der Waals surface area contributed by atoms with Gasteiger partial charge in [0.15, 0.2) is 0 Å². The van der Waals surface area contributed by atoms with Crippen LogP contribution in [0.3, 0.4) is 0 Å². The predicted octanol–water partition coefficient (Wildman–Crippen LogP) is 2.96. The standard InChI is InChI=1S/C19H28N2O3/c1-14-12-15(9-10-20-14)19(22)21-17-7-2-3-8-18(17)24-13-16-6-4-5-11-23-16/h2-3,7-8,14-16,20H,4-6,9-13H2,1H3,(H,21,22)/t14-,15-,16?/m0/s1. The van der Waals surface area contributed by atoms with Crippen LogP contribution in [0.2, 0.25) is 0 Å². The van der Waals surface area contributed by atoms with Crippen LogP contribution in [0.15, 0.2) is 24.3 Å². The molecule has 2 N–H and O–H groups in total. The Hall–Kier alpha value is -1.59. The van der Waals surface area contributed by atoms with Crippen molar-refractivity contribution in [3.63, 3.8) is 0 Å². The van der Waals surface area contributed by atoms with Crippen molar-refractivity contribution in [3.05, 3.63) is 24.3 Å². The van der Waals surface area contributed by atoms with Gasteiger partial charge in [0, 0.05) is 18.6 Å². The van der Waals surface area contributed by atoms with Crippen LogP contribution in [0.5, 0.6) is 5.75 Å². The van der Waals surface area contributed by atoms with Crippen LogP contribution >= 0.6 is 0 Å². The van der Waals surface area contributed by atoms with E-state index in [1.807, 2.05) is 24.3 Å². The molecule has 0 spiro atoms. The summed E-state index contributed by atoms with van der Waals surface area (Å²) in [4.78, 5) is 12.6. The van der Waals surface area contributed by atoms with E-state index in [1.165, 1.54) is 6.42 Å². The Balaban J connectivity index is 1.57. The number of carbonyl (C=O) groups is 1. The fourth-order valence-electron chi connectivity index (χ4n) is 3.42. The normalized spacial score (nSPS) is 27.5. The van der Waals surface area contributed by atoms with Crippen molar-refractivity contribution in [1.29, 1.82) is 0 Å². The second-order valence-corrected chi connectivity index (χ2v) is 6.86. The lowest BCUT2D eigenvalue weighted by Gasteiger charge is -2.27. The van der Waals surface area contributed by atoms with E-state index < -0.39 is 0 Å². The quantitative estimate of drug-likeness (QED) is 0.870. The van der Waals surface area contributed by atoms with E-state index in [0.29, 0.717) is 12.6 Å². The summed E-state index contributed by atoms with van der Waals surface area (Å²) in [5, 5.41) is 6.44. The van der Waals surface area contributed by atoms with Gasteiger partial charge in [0.25, 0.3) is 0 Å². The molecule has 1 unspecified atom stereocenters. The summed E-state index contributed by atoms with van der Waals surface area (Å²) in [6, 6.07) is 8.05. The number of nitrogens with one attached hydrogen (secondary N) is 2. The summed E-state index contributed by atoms with van der Waals surface area (Å²) >= 11 is 0. The molecule has 3 atom stereocenters. The molecule has 3 rings (SSSR count). The molecule has 2 fully saturated rings. The third kappa shape index (κ3) is 4.71. The van der Waals surface area contributed by atoms with Crippen molar-refractivity contribution in [1.82, 2.24) is 5.32 Å². The molecule has 0 radical (unpaired) electrons. The summed E-state index contributed by atoms with van der Waals surface area (Å²) in [5.41, 5.74) is 0.754. The molecule has 2 heterocycles. The van der Waals surface area contributed by atoms with Gasteiger partial charge in [0.1, 0.15) is 12.4 Å². The zero-order chi connectivity index (χ0) is 16.8. The van der Waals surface area contributed by atoms with Gasteiger partial charge in [-0.3, -0.25) is 4.79 Å². The second kappa shape index (κ2) is 8.49. The number of carbonyl (C=O) groups excluding carboxylic acids is 1. The molecular weight excluding hydrogens is 304 g/mol. The van der Waals surface area contributed by atoms with E-state index in [4.69, 9.17) is 9.47 Å². The molecule has 5 nitrogen and oxygen atoms in total. The average Bonchev–Trinajstić information content (AvgIpc) is 2.62. The van der Waals surface area contributed by atoms with Crippen molar-refractivity contribution in [2.24, 2.45) is 5.92 Å². The van der Waals surface area contributed by atoms with Gasteiger partial charge >= 0.3 is 0 Å². The van der Waals surface area contributed by atoms with Crippen LogP contribution < -0.4 is 15.4 Å². The highest BCUT2D eigenvalue weighted by Gasteiger charge is 2.25. The van der Waals surface area contributed by atoms with Crippen LogP contribution in [-0.4, -0.2) is 37.8 Å². The fourth-order valence-corrected chi connectivity index (χ4v) is 3.42. The van der Waals surface area contributed by atoms with Crippen molar-refractivity contribution in [2.75, 3.05) is 25.1 Å². The number of hydrogen-bond donors (Lipinski definition) is 2. The summed E-state index contributed by atoms with van der Waals surface area (Å²) < 4.78 is 11.6. The Morgan fingerprint density at radius 2 is 2.21 bits per heavy atom. The van der Waals surface area contributed by atoms with Gasteiger partial charge in [-0.1, -0.05) is 12.1 Å². The van der Waals surface area contributed by atoms with Crippen LogP contribution in [-0.2, 0) is 9.53 Å². The van der Waals surface area contributed by atoms with Crippen molar-refractivity contribution < 1.29 is 14.3 Å². The zero-order valence-corrected chi connectivity index (χ0v) is 14.4. The molecule has 2 saturated heterocycles. The van der Waals surface area contributed by atoms with Crippen molar-refractivity contribution in [3.8, 4) is 5.75 Å². The Kier molecular flexibility index (Phi) is 6.10. The summed E-state index contributed by atoms with van der Waals surface area (Å²) in [6.07, 6.45) is 5.30. The summed E-state index contributed by atoms with van der Waals surface area (Å²) in [6.45, 7) is 4.38. The van der Waals surface area contributed by atoms with E-state index in [1.54, 1.807) is 0 Å². The Morgan fingerprint density at radius 3 is 3.00 bits per heavy atom. The van der Waals surface area contributed by atoms with Crippen molar-refractivity contribution in [2.45, 2.75) is 51.2 Å². The van der Waals surface area contributed by atoms with Crippen LogP contribution in [0.4, 0.5) is 5.69 Å². The smallest absolute Gasteiger partial charge is 0.227 e. The number of hydrogen-bond acceptors (Lipinski definition) is 4. The number of para-hydroxylation sites is 2. The Bertz CT molecular complexity index is 543. The van der Waals surface area contributed by atoms with Gasteiger partial charge in [0.2, 0.25) is 5.91 Å². The van der Waals surface area contributed by atoms with E-state index in [-0.39, 0.29) is 17.9 Å². The largest absolute Gasteiger partial charge is 0.489 e. The van der Waals surface area contributed by atoms with E-state index >= 15 is 0 Å². The first-order valence-electron chi connectivity index (χ1n) is 9.10. The SMILES string of the molecule is C[C@H]1C[C@@H](C(=O)Nc2ccccc2OCC2CCCCO2)CCN1. The van der Waals surface area contributed by atoms with Gasteiger partial charge in [0.05, 0.1) is 11.8 Å². The topological polar surface area (TPSA) is 59.6 Å². The van der Waals surface area contributed by atoms with E-state index in [2.05, 4.69) is 17.6 Å². The molecule has 24 heavy (non-hydrogen) atoms. The molecule has 0 bridgehead atoms. The number of piperidine rings is 1. The van der Waals surface area contributed by atoms with Crippen molar-refractivity contribution >= 4 is 11.6 Å². The molecule has 1 amide bonds. The maximum absolute atomic E-state index is 12.6. The van der Waals surface area contributed by atoms with Gasteiger partial charge < -0.3 is 20.1 Å². The number of anilines is 1. The minimum atomic E-state index is 0.0657. The maximum atomic E-state index is 12.6. The monoisotopic (exact) mass is 332 g/mol. The van der Waals surface area contributed by atoms with Gasteiger partial charge in [-0.2, -0.15) is 0 Å². The van der Waals surface area contributed by atoms with Crippen LogP contribution in [0.25, 0.3) is 0 Å². The lowest BCUT2D eigenvalue weighted by atomic mass is 9.92. The molecule has 2 aliphatic rings. The third-order valence-corrected chi connectivity index (χ3v) is 4.84. The molecule has 132 valence electrons. The predicted molar refractivity (Wildman–Crippen MR) is 94.3 cm³/mol. The number of rotatable bonds is 5. The first kappa shape index (κ1) is 17.2. The summed E-state index contributed by atoms with van der Waals surface area (Å²) in [5.74, 6) is 0.881. The molecule has 5 heteroatoms. The molecule has 2 aliphatic heterocycles. The zero-order valence-electron chi connectivity index (χ0n) is 14.4. The van der Waals surface area contributed by atoms with Gasteiger partial charge in [-0.25, -0.2) is 0 Å². The highest BCUT2D eigenvalue weighted by Crippen LogP contribution is 2.27. The van der Waals surface area contributed by atoms with Gasteiger partial charge in [-0.05, 0) is 57.7 Å². The summed E-state index contributed by atoms with van der Waals surface area (Å²) in [7, 11) is 0. The number of benzene rings is 1. The fraction of sp³-hybridized carbons (Fsp3) is 0.632. The molecule has 0 aliphatic carbocycles. The number of amides is 1. The maximum Gasteiger partial charge on any atom is 0.227 e. The number of ether oxygens (including phenoxy) is 2.